The summed E-state index contributed by atoms with van der Waals surface area (Å²) < 4.78 is 26.5. The number of benzene rings is 1. The highest BCUT2D eigenvalue weighted by Crippen LogP contribution is 2.25. The summed E-state index contributed by atoms with van der Waals surface area (Å²) in [5.74, 6) is -2.14. The number of hydrogen-bond acceptors (Lipinski definition) is 2. The summed E-state index contributed by atoms with van der Waals surface area (Å²) in [7, 11) is 0. The average Bonchev–Trinajstić information content (AvgIpc) is 2.17. The minimum absolute atomic E-state index is 0.0443. The molecule has 4 heteroatoms. The summed E-state index contributed by atoms with van der Waals surface area (Å²) in [5.41, 5.74) is 0.875. The summed E-state index contributed by atoms with van der Waals surface area (Å²) in [4.78, 5) is 0. The summed E-state index contributed by atoms with van der Waals surface area (Å²) in [6.07, 6.45) is 0. The Balaban J connectivity index is 3.55. The third kappa shape index (κ3) is 1.51. The van der Waals surface area contributed by atoms with Crippen LogP contribution in [0.3, 0.4) is 0 Å². The zero-order chi connectivity index (χ0) is 10.9. The van der Waals surface area contributed by atoms with Crippen LogP contribution in [0.5, 0.6) is 0 Å². The van der Waals surface area contributed by atoms with Gasteiger partial charge in [0, 0.05) is 11.1 Å². The van der Waals surface area contributed by atoms with Gasteiger partial charge in [-0.1, -0.05) is 0 Å². The number of rotatable bonds is 2. The van der Waals surface area contributed by atoms with Gasteiger partial charge in [-0.3, -0.25) is 0 Å². The molecule has 1 rings (SSSR count). The van der Waals surface area contributed by atoms with Crippen molar-refractivity contribution < 1.29 is 19.0 Å². The van der Waals surface area contributed by atoms with Gasteiger partial charge in [0.1, 0.15) is 0 Å². The maximum Gasteiger partial charge on any atom is 0.164 e. The third-order valence-electron chi connectivity index (χ3n) is 2.51. The molecule has 0 aliphatic rings. The highest BCUT2D eigenvalue weighted by molar-refractivity contribution is 5.41. The molecular formula is C10H12F2O2. The smallest absolute Gasteiger partial charge is 0.164 e. The van der Waals surface area contributed by atoms with Crippen LogP contribution >= 0.6 is 0 Å². The molecule has 0 radical (unpaired) electrons. The van der Waals surface area contributed by atoms with Crippen LogP contribution in [0.25, 0.3) is 0 Å². The van der Waals surface area contributed by atoms with E-state index in [9.17, 15) is 8.78 Å². The van der Waals surface area contributed by atoms with E-state index in [0.717, 1.165) is 0 Å². The fourth-order valence-electron chi connectivity index (χ4n) is 1.42. The standard InChI is InChI=1S/C10H12F2O2/c1-5-6(2)8(4-14)10(12)9(11)7(5)3-13/h13-14H,3-4H2,1-2H3. The Kier molecular flexibility index (Phi) is 3.18. The molecule has 78 valence electrons. The van der Waals surface area contributed by atoms with E-state index in [4.69, 9.17) is 10.2 Å². The summed E-state index contributed by atoms with van der Waals surface area (Å²) in [6, 6.07) is 0. The quantitative estimate of drug-likeness (QED) is 0.764. The molecule has 0 aliphatic heterocycles. The van der Waals surface area contributed by atoms with Gasteiger partial charge in [-0.05, 0) is 25.0 Å². The molecule has 0 fully saturated rings. The van der Waals surface area contributed by atoms with Gasteiger partial charge in [0.25, 0.3) is 0 Å². The van der Waals surface area contributed by atoms with Crippen LogP contribution in [0.1, 0.15) is 22.3 Å². The van der Waals surface area contributed by atoms with E-state index in [1.54, 1.807) is 13.8 Å². The average molecular weight is 202 g/mol. The molecule has 0 aromatic heterocycles. The Labute approximate surface area is 80.8 Å². The summed E-state index contributed by atoms with van der Waals surface area (Å²) in [6.45, 7) is 2.09. The number of hydrogen-bond donors (Lipinski definition) is 2. The molecule has 1 aromatic carbocycles. The molecule has 0 amide bonds. The van der Waals surface area contributed by atoms with Gasteiger partial charge in [-0.15, -0.1) is 0 Å². The Morgan fingerprint density at radius 3 is 1.36 bits per heavy atom. The molecule has 0 saturated heterocycles. The first kappa shape index (κ1) is 11.1. The van der Waals surface area contributed by atoms with Crippen LogP contribution in [-0.2, 0) is 13.2 Å². The van der Waals surface area contributed by atoms with Gasteiger partial charge < -0.3 is 10.2 Å². The molecule has 0 saturated carbocycles. The first-order chi connectivity index (χ1) is 6.54. The van der Waals surface area contributed by atoms with Crippen molar-refractivity contribution in [2.75, 3.05) is 0 Å². The fourth-order valence-corrected chi connectivity index (χ4v) is 1.42. The molecule has 2 nitrogen and oxygen atoms in total. The molecule has 0 atom stereocenters. The molecule has 0 unspecified atom stereocenters. The predicted molar refractivity (Wildman–Crippen MR) is 47.7 cm³/mol. The Morgan fingerprint density at radius 2 is 1.14 bits per heavy atom. The second kappa shape index (κ2) is 4.02. The summed E-state index contributed by atoms with van der Waals surface area (Å²) >= 11 is 0. The molecule has 2 N–H and O–H groups in total. The molecule has 0 heterocycles. The zero-order valence-corrected chi connectivity index (χ0v) is 8.06. The molecule has 0 aliphatic carbocycles. The lowest BCUT2D eigenvalue weighted by Gasteiger charge is -2.13. The van der Waals surface area contributed by atoms with Gasteiger partial charge >= 0.3 is 0 Å². The predicted octanol–water partition coefficient (Wildman–Crippen LogP) is 1.57. The molecule has 14 heavy (non-hydrogen) atoms. The lowest BCUT2D eigenvalue weighted by molar-refractivity contribution is 0.262. The highest BCUT2D eigenvalue weighted by atomic mass is 19.2. The number of halogens is 2. The van der Waals surface area contributed by atoms with Crippen molar-refractivity contribution in [3.05, 3.63) is 33.9 Å². The maximum absolute atomic E-state index is 13.2. The van der Waals surface area contributed by atoms with Gasteiger partial charge in [0.15, 0.2) is 11.6 Å². The Hall–Kier alpha value is -1.00. The fraction of sp³-hybridized carbons (Fsp3) is 0.400. The second-order valence-electron chi connectivity index (χ2n) is 3.15. The van der Waals surface area contributed by atoms with E-state index in [1.807, 2.05) is 0 Å². The van der Waals surface area contributed by atoms with E-state index in [0.29, 0.717) is 11.1 Å². The lowest BCUT2D eigenvalue weighted by Crippen LogP contribution is -2.06. The number of aliphatic hydroxyl groups excluding tert-OH is 2. The van der Waals surface area contributed by atoms with Crippen LogP contribution in [0.2, 0.25) is 0 Å². The number of aliphatic hydroxyl groups is 2. The van der Waals surface area contributed by atoms with Crippen molar-refractivity contribution in [1.29, 1.82) is 0 Å². The first-order valence-corrected chi connectivity index (χ1v) is 4.22. The first-order valence-electron chi connectivity index (χ1n) is 4.22. The van der Waals surface area contributed by atoms with E-state index in [2.05, 4.69) is 0 Å². The van der Waals surface area contributed by atoms with Crippen LogP contribution < -0.4 is 0 Å². The third-order valence-corrected chi connectivity index (χ3v) is 2.51. The van der Waals surface area contributed by atoms with Gasteiger partial charge in [0.2, 0.25) is 0 Å². The Morgan fingerprint density at radius 1 is 0.857 bits per heavy atom. The van der Waals surface area contributed by atoms with Crippen molar-refractivity contribution in [2.24, 2.45) is 0 Å². The SMILES string of the molecule is Cc1c(C)c(CO)c(F)c(F)c1CO. The van der Waals surface area contributed by atoms with Crippen molar-refractivity contribution in [3.8, 4) is 0 Å². The largest absolute Gasteiger partial charge is 0.392 e. The van der Waals surface area contributed by atoms with Gasteiger partial charge in [-0.2, -0.15) is 0 Å². The van der Waals surface area contributed by atoms with Crippen LogP contribution in [0.15, 0.2) is 0 Å². The molecule has 0 spiro atoms. The van der Waals surface area contributed by atoms with Crippen LogP contribution in [0, 0.1) is 25.5 Å². The van der Waals surface area contributed by atoms with Crippen molar-refractivity contribution in [2.45, 2.75) is 27.1 Å². The van der Waals surface area contributed by atoms with Crippen LogP contribution in [0.4, 0.5) is 8.78 Å². The van der Waals surface area contributed by atoms with Crippen molar-refractivity contribution >= 4 is 0 Å². The van der Waals surface area contributed by atoms with E-state index >= 15 is 0 Å². The summed E-state index contributed by atoms with van der Waals surface area (Å²) in [5, 5.41) is 17.7. The minimum atomic E-state index is -1.07. The van der Waals surface area contributed by atoms with Gasteiger partial charge in [-0.25, -0.2) is 8.78 Å². The molecule has 0 bridgehead atoms. The molecular weight excluding hydrogens is 190 g/mol. The highest BCUT2D eigenvalue weighted by Gasteiger charge is 2.18. The van der Waals surface area contributed by atoms with E-state index in [-0.39, 0.29) is 11.1 Å². The van der Waals surface area contributed by atoms with E-state index in [1.165, 1.54) is 0 Å². The minimum Gasteiger partial charge on any atom is -0.392 e. The van der Waals surface area contributed by atoms with Crippen LogP contribution in [-0.4, -0.2) is 10.2 Å². The van der Waals surface area contributed by atoms with E-state index < -0.39 is 24.8 Å². The maximum atomic E-state index is 13.2. The topological polar surface area (TPSA) is 40.5 Å². The van der Waals surface area contributed by atoms with Gasteiger partial charge in [0.05, 0.1) is 13.2 Å². The Bertz CT molecular complexity index is 298. The normalized spacial score (nSPS) is 10.7. The monoisotopic (exact) mass is 202 g/mol. The van der Waals surface area contributed by atoms with Crippen molar-refractivity contribution in [1.82, 2.24) is 0 Å². The second-order valence-corrected chi connectivity index (χ2v) is 3.15. The zero-order valence-electron chi connectivity index (χ0n) is 8.06. The molecule has 1 aromatic rings. The lowest BCUT2D eigenvalue weighted by atomic mass is 9.97. The van der Waals surface area contributed by atoms with Crippen molar-refractivity contribution in [3.63, 3.8) is 0 Å².